The van der Waals surface area contributed by atoms with E-state index >= 15 is 0 Å². The van der Waals surface area contributed by atoms with E-state index in [-0.39, 0.29) is 0 Å². The van der Waals surface area contributed by atoms with Crippen LogP contribution in [0.3, 0.4) is 0 Å². The molecule has 0 saturated heterocycles. The van der Waals surface area contributed by atoms with Crippen molar-refractivity contribution in [3.05, 3.63) is 29.8 Å². The SMILES string of the molecule is CCOc1cccc(C2CCCCCC2N)c1. The van der Waals surface area contributed by atoms with Gasteiger partial charge in [-0.15, -0.1) is 0 Å². The third-order valence-corrected chi connectivity index (χ3v) is 3.67. The molecule has 0 radical (unpaired) electrons. The number of nitrogens with two attached hydrogens (primary N) is 1. The second kappa shape index (κ2) is 6.06. The summed E-state index contributed by atoms with van der Waals surface area (Å²) in [6, 6.07) is 8.78. The highest BCUT2D eigenvalue weighted by Crippen LogP contribution is 2.32. The van der Waals surface area contributed by atoms with Crippen molar-refractivity contribution in [2.75, 3.05) is 6.61 Å². The Hall–Kier alpha value is -1.02. The fourth-order valence-corrected chi connectivity index (χ4v) is 2.75. The van der Waals surface area contributed by atoms with Crippen molar-refractivity contribution in [3.63, 3.8) is 0 Å². The Balaban J connectivity index is 2.16. The fourth-order valence-electron chi connectivity index (χ4n) is 2.75. The first kappa shape index (κ1) is 12.4. The standard InChI is InChI=1S/C15H23NO/c1-2-17-13-8-6-7-12(11-13)14-9-4-3-5-10-15(14)16/h6-8,11,14-15H,2-5,9-10,16H2,1H3. The highest BCUT2D eigenvalue weighted by molar-refractivity contribution is 5.31. The number of benzene rings is 1. The van der Waals surface area contributed by atoms with Gasteiger partial charge in [0.2, 0.25) is 0 Å². The van der Waals surface area contributed by atoms with Crippen molar-refractivity contribution in [1.82, 2.24) is 0 Å². The molecule has 1 aliphatic carbocycles. The summed E-state index contributed by atoms with van der Waals surface area (Å²) in [5.74, 6) is 1.49. The second-order valence-corrected chi connectivity index (χ2v) is 4.91. The molecule has 0 spiro atoms. The van der Waals surface area contributed by atoms with Gasteiger partial charge >= 0.3 is 0 Å². The topological polar surface area (TPSA) is 35.2 Å². The van der Waals surface area contributed by atoms with Crippen molar-refractivity contribution in [2.24, 2.45) is 5.73 Å². The maximum atomic E-state index is 6.29. The maximum Gasteiger partial charge on any atom is 0.119 e. The van der Waals surface area contributed by atoms with E-state index in [1.54, 1.807) is 0 Å². The summed E-state index contributed by atoms with van der Waals surface area (Å²) in [7, 11) is 0. The number of ether oxygens (including phenoxy) is 1. The van der Waals surface area contributed by atoms with Crippen molar-refractivity contribution in [2.45, 2.75) is 51.0 Å². The lowest BCUT2D eigenvalue weighted by Crippen LogP contribution is -2.27. The van der Waals surface area contributed by atoms with E-state index in [4.69, 9.17) is 10.5 Å². The normalized spacial score (nSPS) is 25.3. The van der Waals surface area contributed by atoms with Gasteiger partial charge in [0.1, 0.15) is 5.75 Å². The third-order valence-electron chi connectivity index (χ3n) is 3.67. The summed E-state index contributed by atoms with van der Waals surface area (Å²) < 4.78 is 5.56. The van der Waals surface area contributed by atoms with Crippen LogP contribution in [0.5, 0.6) is 5.75 Å². The van der Waals surface area contributed by atoms with Crippen LogP contribution in [0.25, 0.3) is 0 Å². The van der Waals surface area contributed by atoms with Crippen LogP contribution < -0.4 is 10.5 Å². The summed E-state index contributed by atoms with van der Waals surface area (Å²) in [5, 5.41) is 0. The van der Waals surface area contributed by atoms with Crippen LogP contribution in [0, 0.1) is 0 Å². The average molecular weight is 233 g/mol. The molecule has 2 rings (SSSR count). The van der Waals surface area contributed by atoms with Crippen molar-refractivity contribution < 1.29 is 4.74 Å². The lowest BCUT2D eigenvalue weighted by atomic mass is 9.88. The molecule has 1 aromatic carbocycles. The Bertz CT molecular complexity index is 351. The van der Waals surface area contributed by atoms with Gasteiger partial charge in [0.05, 0.1) is 6.61 Å². The van der Waals surface area contributed by atoms with Crippen LogP contribution in [0.4, 0.5) is 0 Å². The summed E-state index contributed by atoms with van der Waals surface area (Å²) in [4.78, 5) is 0. The average Bonchev–Trinajstić information content (AvgIpc) is 2.55. The number of hydrogen-bond acceptors (Lipinski definition) is 2. The van der Waals surface area contributed by atoms with Crippen molar-refractivity contribution in [1.29, 1.82) is 0 Å². The van der Waals surface area contributed by atoms with Crippen molar-refractivity contribution >= 4 is 0 Å². The molecule has 2 nitrogen and oxygen atoms in total. The molecule has 2 atom stereocenters. The molecular formula is C15H23NO. The van der Waals surface area contributed by atoms with Crippen LogP contribution in [-0.4, -0.2) is 12.6 Å². The molecule has 2 N–H and O–H groups in total. The third kappa shape index (κ3) is 3.22. The first-order valence-corrected chi connectivity index (χ1v) is 6.79. The zero-order valence-corrected chi connectivity index (χ0v) is 10.7. The van der Waals surface area contributed by atoms with E-state index in [0.717, 1.165) is 18.8 Å². The minimum Gasteiger partial charge on any atom is -0.494 e. The Labute approximate surface area is 104 Å². The van der Waals surface area contributed by atoms with E-state index in [9.17, 15) is 0 Å². The molecule has 0 aromatic heterocycles. The van der Waals surface area contributed by atoms with E-state index in [1.165, 1.54) is 31.2 Å². The smallest absolute Gasteiger partial charge is 0.119 e. The van der Waals surface area contributed by atoms with E-state index in [1.807, 2.05) is 13.0 Å². The van der Waals surface area contributed by atoms with E-state index < -0.39 is 0 Å². The maximum absolute atomic E-state index is 6.29. The second-order valence-electron chi connectivity index (χ2n) is 4.91. The van der Waals surface area contributed by atoms with Gasteiger partial charge in [0.25, 0.3) is 0 Å². The summed E-state index contributed by atoms with van der Waals surface area (Å²) in [6.45, 7) is 2.74. The molecule has 1 aliphatic rings. The number of hydrogen-bond donors (Lipinski definition) is 1. The van der Waals surface area contributed by atoms with Gasteiger partial charge in [-0.1, -0.05) is 31.4 Å². The Kier molecular flexibility index (Phi) is 4.43. The molecule has 1 aromatic rings. The monoisotopic (exact) mass is 233 g/mol. The zero-order valence-electron chi connectivity index (χ0n) is 10.7. The van der Waals surface area contributed by atoms with Gasteiger partial charge in [0, 0.05) is 6.04 Å². The highest BCUT2D eigenvalue weighted by atomic mass is 16.5. The summed E-state index contributed by atoms with van der Waals surface area (Å²) >= 11 is 0. The molecule has 1 fully saturated rings. The predicted molar refractivity (Wildman–Crippen MR) is 71.4 cm³/mol. The quantitative estimate of drug-likeness (QED) is 0.811. The largest absolute Gasteiger partial charge is 0.494 e. The Morgan fingerprint density at radius 3 is 2.88 bits per heavy atom. The minimum atomic E-state index is 0.314. The molecule has 17 heavy (non-hydrogen) atoms. The molecule has 2 heteroatoms. The molecular weight excluding hydrogens is 210 g/mol. The van der Waals surface area contributed by atoms with Crippen LogP contribution in [0.15, 0.2) is 24.3 Å². The van der Waals surface area contributed by atoms with Gasteiger partial charge in [-0.25, -0.2) is 0 Å². The first-order chi connectivity index (χ1) is 8.31. The zero-order chi connectivity index (χ0) is 12.1. The van der Waals surface area contributed by atoms with Crippen LogP contribution >= 0.6 is 0 Å². The van der Waals surface area contributed by atoms with Gasteiger partial charge in [-0.3, -0.25) is 0 Å². The van der Waals surface area contributed by atoms with Gasteiger partial charge in [-0.2, -0.15) is 0 Å². The fraction of sp³-hybridized carbons (Fsp3) is 0.600. The molecule has 2 unspecified atom stereocenters. The van der Waals surface area contributed by atoms with Gasteiger partial charge < -0.3 is 10.5 Å². The van der Waals surface area contributed by atoms with E-state index in [0.29, 0.717) is 12.0 Å². The predicted octanol–water partition coefficient (Wildman–Crippen LogP) is 3.46. The van der Waals surface area contributed by atoms with Gasteiger partial charge in [0.15, 0.2) is 0 Å². The molecule has 0 amide bonds. The van der Waals surface area contributed by atoms with Crippen LogP contribution in [0.2, 0.25) is 0 Å². The van der Waals surface area contributed by atoms with E-state index in [2.05, 4.69) is 18.2 Å². The summed E-state index contributed by atoms with van der Waals surface area (Å²) in [5.41, 5.74) is 7.65. The van der Waals surface area contributed by atoms with Crippen LogP contribution in [0.1, 0.15) is 50.5 Å². The molecule has 1 saturated carbocycles. The Morgan fingerprint density at radius 1 is 1.24 bits per heavy atom. The molecule has 0 heterocycles. The lowest BCUT2D eigenvalue weighted by Gasteiger charge is -2.22. The highest BCUT2D eigenvalue weighted by Gasteiger charge is 2.22. The Morgan fingerprint density at radius 2 is 2.06 bits per heavy atom. The van der Waals surface area contributed by atoms with Gasteiger partial charge in [-0.05, 0) is 43.4 Å². The molecule has 94 valence electrons. The van der Waals surface area contributed by atoms with Crippen LogP contribution in [-0.2, 0) is 0 Å². The van der Waals surface area contributed by atoms with Crippen molar-refractivity contribution in [3.8, 4) is 5.75 Å². The first-order valence-electron chi connectivity index (χ1n) is 6.79. The summed E-state index contributed by atoms with van der Waals surface area (Å²) in [6.07, 6.45) is 6.29. The number of rotatable bonds is 3. The minimum absolute atomic E-state index is 0.314. The molecule has 0 bridgehead atoms. The lowest BCUT2D eigenvalue weighted by molar-refractivity contribution is 0.339. The molecule has 0 aliphatic heterocycles.